The first-order valence-electron chi connectivity index (χ1n) is 11.8. The van der Waals surface area contributed by atoms with Gasteiger partial charge in [0.05, 0.1) is 30.0 Å². The minimum absolute atomic E-state index is 0.172. The molecule has 0 aliphatic carbocycles. The van der Waals surface area contributed by atoms with E-state index in [-0.39, 0.29) is 5.56 Å². The molecule has 5 heterocycles. The first-order chi connectivity index (χ1) is 18.0. The molecule has 12 heteroatoms. The average molecular weight is 517 g/mol. The molecule has 6 rings (SSSR count). The number of fused-ring (bicyclic) bond motifs is 2. The molecule has 0 saturated carbocycles. The van der Waals surface area contributed by atoms with Crippen molar-refractivity contribution in [2.45, 2.75) is 6.54 Å². The van der Waals surface area contributed by atoms with Crippen molar-refractivity contribution in [3.05, 3.63) is 63.5 Å². The summed E-state index contributed by atoms with van der Waals surface area (Å²) < 4.78 is 6.58. The van der Waals surface area contributed by atoms with Gasteiger partial charge in [-0.2, -0.15) is 0 Å². The van der Waals surface area contributed by atoms with Gasteiger partial charge in [-0.25, -0.2) is 15.0 Å². The van der Waals surface area contributed by atoms with E-state index in [1.807, 2.05) is 37.5 Å². The molecule has 0 bridgehead atoms. The molecule has 0 radical (unpaired) electrons. The molecule has 188 valence electrons. The number of nitrogens with zero attached hydrogens (tertiary/aromatic N) is 5. The Labute approximate surface area is 214 Å². The summed E-state index contributed by atoms with van der Waals surface area (Å²) in [6.45, 7) is 3.28. The van der Waals surface area contributed by atoms with Crippen LogP contribution in [0.1, 0.15) is 15.2 Å². The zero-order valence-corrected chi connectivity index (χ0v) is 20.8. The average Bonchev–Trinajstić information content (AvgIpc) is 3.54. The molecule has 1 aliphatic heterocycles. The number of aromatic nitrogens is 5. The fourth-order valence-corrected chi connectivity index (χ4v) is 5.66. The third-order valence-corrected chi connectivity index (χ3v) is 7.46. The number of morpholine rings is 1. The van der Waals surface area contributed by atoms with E-state index in [1.54, 1.807) is 16.2 Å². The maximum absolute atomic E-state index is 12.2. The van der Waals surface area contributed by atoms with Gasteiger partial charge in [-0.05, 0) is 18.2 Å². The van der Waals surface area contributed by atoms with Crippen LogP contribution >= 0.6 is 11.3 Å². The molecule has 4 aromatic heterocycles. The Morgan fingerprint density at radius 1 is 1.24 bits per heavy atom. The van der Waals surface area contributed by atoms with Crippen molar-refractivity contribution in [1.29, 1.82) is 0 Å². The number of nitrogens with two attached hydrogens (primary N) is 1. The number of nitrogens with one attached hydrogen (secondary N) is 2. The number of hydrogen-bond donors (Lipinski definition) is 3. The highest BCUT2D eigenvalue weighted by atomic mass is 32.1. The smallest absolute Gasteiger partial charge is 0.265 e. The number of anilines is 2. The summed E-state index contributed by atoms with van der Waals surface area (Å²) in [6.07, 6.45) is 3.12. The van der Waals surface area contributed by atoms with Crippen molar-refractivity contribution in [1.82, 2.24) is 24.9 Å². The lowest BCUT2D eigenvalue weighted by Crippen LogP contribution is -2.36. The molecule has 5 aromatic rings. The fourth-order valence-electron chi connectivity index (χ4n) is 4.50. The van der Waals surface area contributed by atoms with E-state index >= 15 is 0 Å². The molecule has 1 aliphatic rings. The summed E-state index contributed by atoms with van der Waals surface area (Å²) in [5, 5.41) is 1.07. The quantitative estimate of drug-likeness (QED) is 0.312. The predicted octanol–water partition coefficient (Wildman–Crippen LogP) is 2.49. The van der Waals surface area contributed by atoms with Gasteiger partial charge in [0.25, 0.3) is 11.5 Å². The van der Waals surface area contributed by atoms with Gasteiger partial charge in [0, 0.05) is 53.9 Å². The van der Waals surface area contributed by atoms with Gasteiger partial charge in [-0.3, -0.25) is 14.6 Å². The van der Waals surface area contributed by atoms with E-state index in [4.69, 9.17) is 20.4 Å². The molecule has 4 N–H and O–H groups in total. The fraction of sp³-hybridized carbons (Fsp3) is 0.240. The minimum atomic E-state index is -0.812. The zero-order valence-electron chi connectivity index (χ0n) is 20.0. The largest absolute Gasteiger partial charge is 0.378 e. The van der Waals surface area contributed by atoms with Crippen LogP contribution in [0.5, 0.6) is 0 Å². The van der Waals surface area contributed by atoms with Gasteiger partial charge < -0.3 is 25.3 Å². The Bertz CT molecular complexity index is 1680. The monoisotopic (exact) mass is 516 g/mol. The molecule has 0 spiro atoms. The number of thiophene rings is 1. The van der Waals surface area contributed by atoms with Crippen LogP contribution in [-0.4, -0.2) is 64.2 Å². The normalized spacial score (nSPS) is 13.9. The van der Waals surface area contributed by atoms with Gasteiger partial charge in [-0.15, -0.1) is 11.3 Å². The lowest BCUT2D eigenvalue weighted by molar-refractivity contribution is 0.0998. The van der Waals surface area contributed by atoms with E-state index in [2.05, 4.69) is 25.9 Å². The van der Waals surface area contributed by atoms with E-state index in [0.29, 0.717) is 31.5 Å². The summed E-state index contributed by atoms with van der Waals surface area (Å²) in [5.74, 6) is 1.09. The van der Waals surface area contributed by atoms with Crippen LogP contribution in [0.3, 0.4) is 0 Å². The maximum Gasteiger partial charge on any atom is 0.265 e. The Kier molecular flexibility index (Phi) is 5.81. The summed E-state index contributed by atoms with van der Waals surface area (Å²) in [4.78, 5) is 48.7. The Hall–Kier alpha value is -4.29. The number of carbonyl (C=O) groups excluding carboxylic acids is 1. The highest BCUT2D eigenvalue weighted by Crippen LogP contribution is 2.36. The van der Waals surface area contributed by atoms with Crippen molar-refractivity contribution < 1.29 is 9.53 Å². The van der Waals surface area contributed by atoms with Crippen LogP contribution in [0.2, 0.25) is 0 Å². The van der Waals surface area contributed by atoms with E-state index < -0.39 is 11.5 Å². The second kappa shape index (κ2) is 9.30. The number of aromatic amines is 2. The molecular weight excluding hydrogens is 492 g/mol. The summed E-state index contributed by atoms with van der Waals surface area (Å²) in [5.41, 5.74) is 7.35. The second-order valence-corrected chi connectivity index (χ2v) is 9.95. The van der Waals surface area contributed by atoms with Crippen molar-refractivity contribution in [2.24, 2.45) is 5.73 Å². The Morgan fingerprint density at radius 3 is 2.86 bits per heavy atom. The number of carbonyl (C=O) groups is 1. The van der Waals surface area contributed by atoms with Crippen molar-refractivity contribution in [3.8, 4) is 11.4 Å². The molecular formula is C25H24N8O3S. The lowest BCUT2D eigenvalue weighted by atomic mass is 10.1. The van der Waals surface area contributed by atoms with Crippen LogP contribution in [0.4, 0.5) is 11.8 Å². The summed E-state index contributed by atoms with van der Waals surface area (Å²) >= 11 is 1.61. The molecule has 0 unspecified atom stereocenters. The van der Waals surface area contributed by atoms with E-state index in [0.717, 1.165) is 50.5 Å². The third-order valence-electron chi connectivity index (χ3n) is 6.36. The first kappa shape index (κ1) is 23.1. The summed E-state index contributed by atoms with van der Waals surface area (Å²) in [6, 6.07) is 10.2. The van der Waals surface area contributed by atoms with Crippen LogP contribution in [0.15, 0.2) is 47.5 Å². The second-order valence-electron chi connectivity index (χ2n) is 8.81. The SMILES string of the molecule is CN(Cc1cc2nc(-c3cccc4[nH]ccc34)nc(N3CCOCC3)c2s1)c1ncc(C(N)=O)c(=O)[nH]1. The maximum atomic E-state index is 12.2. The summed E-state index contributed by atoms with van der Waals surface area (Å²) in [7, 11) is 1.82. The molecule has 1 saturated heterocycles. The lowest BCUT2D eigenvalue weighted by Gasteiger charge is -2.28. The molecule has 1 aromatic carbocycles. The number of amides is 1. The van der Waals surface area contributed by atoms with Crippen molar-refractivity contribution in [2.75, 3.05) is 43.2 Å². The number of H-pyrrole nitrogens is 2. The molecule has 11 nitrogen and oxygen atoms in total. The standard InChI is InChI=1S/C25H24N8O3S/c1-32(25-28-12-17(21(26)34)24(35)31-25)13-14-11-19-20(37-14)23(33-7-9-36-10-8-33)30-22(29-19)16-3-2-4-18-15(16)5-6-27-18/h2-6,11-12,27H,7-10,13H2,1H3,(H2,26,34)(H,28,31,35). The predicted molar refractivity (Wildman–Crippen MR) is 143 cm³/mol. The number of rotatable bonds is 6. The third kappa shape index (κ3) is 4.30. The minimum Gasteiger partial charge on any atom is -0.378 e. The van der Waals surface area contributed by atoms with Crippen molar-refractivity contribution in [3.63, 3.8) is 0 Å². The van der Waals surface area contributed by atoms with Gasteiger partial charge in [0.1, 0.15) is 5.56 Å². The highest BCUT2D eigenvalue weighted by molar-refractivity contribution is 7.19. The molecule has 1 amide bonds. The van der Waals surface area contributed by atoms with Gasteiger partial charge in [0.15, 0.2) is 11.6 Å². The van der Waals surface area contributed by atoms with E-state index in [1.165, 1.54) is 6.20 Å². The topological polar surface area (TPSA) is 146 Å². The molecule has 37 heavy (non-hydrogen) atoms. The first-order valence-corrected chi connectivity index (χ1v) is 12.6. The van der Waals surface area contributed by atoms with Crippen LogP contribution in [-0.2, 0) is 11.3 Å². The van der Waals surface area contributed by atoms with Crippen LogP contribution < -0.4 is 21.1 Å². The Balaban J connectivity index is 1.40. The van der Waals surface area contributed by atoms with Gasteiger partial charge >= 0.3 is 0 Å². The van der Waals surface area contributed by atoms with Crippen LogP contribution in [0, 0.1) is 0 Å². The number of benzene rings is 1. The Morgan fingerprint density at radius 2 is 2.08 bits per heavy atom. The number of ether oxygens (including phenoxy) is 1. The van der Waals surface area contributed by atoms with Crippen LogP contribution in [0.25, 0.3) is 32.5 Å². The van der Waals surface area contributed by atoms with Crippen molar-refractivity contribution >= 4 is 50.1 Å². The number of hydrogen-bond acceptors (Lipinski definition) is 9. The van der Waals surface area contributed by atoms with Gasteiger partial charge in [-0.1, -0.05) is 12.1 Å². The van der Waals surface area contributed by atoms with Gasteiger partial charge in [0.2, 0.25) is 5.95 Å². The molecule has 1 fully saturated rings. The molecule has 0 atom stereocenters. The zero-order chi connectivity index (χ0) is 25.5. The highest BCUT2D eigenvalue weighted by Gasteiger charge is 2.21. The van der Waals surface area contributed by atoms with E-state index in [9.17, 15) is 9.59 Å². The number of primary amides is 1.